The summed E-state index contributed by atoms with van der Waals surface area (Å²) in [7, 11) is 0. The molecule has 0 radical (unpaired) electrons. The van der Waals surface area contributed by atoms with E-state index in [1.165, 1.54) is 0 Å². The lowest BCUT2D eigenvalue weighted by Gasteiger charge is -2.11. The van der Waals surface area contributed by atoms with Gasteiger partial charge in [-0.25, -0.2) is 0 Å². The van der Waals surface area contributed by atoms with Crippen LogP contribution >= 0.6 is 0 Å². The molecule has 1 fully saturated rings. The van der Waals surface area contributed by atoms with E-state index in [4.69, 9.17) is 5.26 Å². The highest BCUT2D eigenvalue weighted by Crippen LogP contribution is 2.31. The molecular weight excluding hydrogens is 128 g/mol. The normalized spacial score (nSPS) is 43.3. The van der Waals surface area contributed by atoms with Crippen molar-refractivity contribution in [3.05, 3.63) is 0 Å². The average molecular weight is 136 g/mol. The molecule has 2 heterocycles. The Morgan fingerprint density at radius 2 is 2.60 bits per heavy atom. The van der Waals surface area contributed by atoms with Gasteiger partial charge in [0.2, 0.25) is 0 Å². The Hall–Kier alpha value is -0.950. The van der Waals surface area contributed by atoms with Gasteiger partial charge in [0.15, 0.2) is 5.54 Å². The van der Waals surface area contributed by atoms with E-state index < -0.39 is 5.54 Å². The molecule has 4 nitrogen and oxygen atoms in total. The van der Waals surface area contributed by atoms with E-state index in [1.54, 1.807) is 0 Å². The van der Waals surface area contributed by atoms with Gasteiger partial charge in [0, 0.05) is 19.0 Å². The summed E-state index contributed by atoms with van der Waals surface area (Å²) in [6, 6.07) is 2.22. The zero-order chi connectivity index (χ0) is 7.03. The van der Waals surface area contributed by atoms with E-state index in [-0.39, 0.29) is 0 Å². The molecule has 0 bridgehead atoms. The van der Waals surface area contributed by atoms with Gasteiger partial charge in [-0.15, -0.1) is 0 Å². The highest BCUT2D eigenvalue weighted by atomic mass is 15.2. The maximum absolute atomic E-state index is 8.78. The lowest BCUT2D eigenvalue weighted by molar-refractivity contribution is 0.497. The van der Waals surface area contributed by atoms with Gasteiger partial charge in [0.25, 0.3) is 0 Å². The molecule has 10 heavy (non-hydrogen) atoms. The number of hydrogen-bond donors (Lipinski definition) is 1. The van der Waals surface area contributed by atoms with E-state index >= 15 is 0 Å². The Balaban J connectivity index is 2.33. The lowest BCUT2D eigenvalue weighted by atomic mass is 9.91. The van der Waals surface area contributed by atoms with Crippen LogP contribution in [0.5, 0.6) is 0 Å². The Bertz CT molecular complexity index is 216. The molecule has 2 atom stereocenters. The summed E-state index contributed by atoms with van der Waals surface area (Å²) >= 11 is 0. The van der Waals surface area contributed by atoms with Crippen molar-refractivity contribution in [2.24, 2.45) is 16.1 Å². The summed E-state index contributed by atoms with van der Waals surface area (Å²) in [6.07, 6.45) is 0. The van der Waals surface area contributed by atoms with Gasteiger partial charge in [-0.3, -0.25) is 0 Å². The van der Waals surface area contributed by atoms with Crippen molar-refractivity contribution in [3.63, 3.8) is 0 Å². The molecule has 0 unspecified atom stereocenters. The smallest absolute Gasteiger partial charge is 0.185 e. The van der Waals surface area contributed by atoms with Crippen LogP contribution in [0, 0.1) is 17.2 Å². The number of nitrogens with zero attached hydrogens (tertiary/aromatic N) is 3. The first kappa shape index (κ1) is 5.81. The minimum atomic E-state index is -0.500. The number of rotatable bonds is 0. The zero-order valence-corrected chi connectivity index (χ0v) is 5.54. The number of nitrogens with one attached hydrogen (secondary N) is 1. The number of azo groups is 1. The fraction of sp³-hybridized carbons (Fsp3) is 0.833. The van der Waals surface area contributed by atoms with Gasteiger partial charge in [-0.05, 0) is 0 Å². The number of nitriles is 1. The SMILES string of the molecule is N#C[C@@]12CNC[C@H]1CN=N2. The first-order valence-electron chi connectivity index (χ1n) is 3.38. The summed E-state index contributed by atoms with van der Waals surface area (Å²) in [5.41, 5.74) is -0.500. The van der Waals surface area contributed by atoms with E-state index in [0.717, 1.165) is 13.1 Å². The van der Waals surface area contributed by atoms with E-state index in [9.17, 15) is 0 Å². The zero-order valence-electron chi connectivity index (χ0n) is 5.54. The number of fused-ring (bicyclic) bond motifs is 1. The highest BCUT2D eigenvalue weighted by molar-refractivity contribution is 5.18. The Kier molecular flexibility index (Phi) is 1.03. The van der Waals surface area contributed by atoms with Crippen molar-refractivity contribution < 1.29 is 0 Å². The third-order valence-electron chi connectivity index (χ3n) is 2.21. The van der Waals surface area contributed by atoms with Gasteiger partial charge in [-0.2, -0.15) is 15.5 Å². The van der Waals surface area contributed by atoms with Crippen LogP contribution < -0.4 is 5.32 Å². The van der Waals surface area contributed by atoms with Crippen molar-refractivity contribution in [1.29, 1.82) is 5.26 Å². The van der Waals surface area contributed by atoms with Crippen LogP contribution in [0.15, 0.2) is 10.2 Å². The molecular formula is C6H8N4. The minimum absolute atomic E-state index is 0.331. The van der Waals surface area contributed by atoms with Crippen molar-refractivity contribution in [2.75, 3.05) is 19.6 Å². The fourth-order valence-electron chi connectivity index (χ4n) is 1.50. The summed E-state index contributed by atoms with van der Waals surface area (Å²) < 4.78 is 0. The lowest BCUT2D eigenvalue weighted by Crippen LogP contribution is -2.31. The van der Waals surface area contributed by atoms with Gasteiger partial charge >= 0.3 is 0 Å². The van der Waals surface area contributed by atoms with Crippen LogP contribution in [0.2, 0.25) is 0 Å². The molecule has 0 aliphatic carbocycles. The molecule has 0 saturated carbocycles. The molecule has 0 spiro atoms. The first-order valence-corrected chi connectivity index (χ1v) is 3.38. The third kappa shape index (κ3) is 0.531. The summed E-state index contributed by atoms with van der Waals surface area (Å²) in [5, 5.41) is 19.7. The summed E-state index contributed by atoms with van der Waals surface area (Å²) in [5.74, 6) is 0.331. The molecule has 0 aromatic rings. The molecule has 1 N–H and O–H groups in total. The van der Waals surface area contributed by atoms with Crippen LogP contribution in [0.4, 0.5) is 0 Å². The first-order chi connectivity index (χ1) is 4.87. The molecule has 2 rings (SSSR count). The van der Waals surface area contributed by atoms with E-state index in [2.05, 4.69) is 21.6 Å². The standard InChI is InChI=1S/C6H8N4/c7-3-6-4-8-1-5(6)2-9-10-6/h5,8H,1-2,4H2/t5-,6+/m0/s1. The van der Waals surface area contributed by atoms with Gasteiger partial charge < -0.3 is 5.32 Å². The van der Waals surface area contributed by atoms with E-state index in [0.29, 0.717) is 12.5 Å². The van der Waals surface area contributed by atoms with Crippen molar-refractivity contribution in [3.8, 4) is 6.07 Å². The van der Waals surface area contributed by atoms with Gasteiger partial charge in [0.1, 0.15) is 0 Å². The Labute approximate surface area is 58.9 Å². The van der Waals surface area contributed by atoms with Crippen LogP contribution in [0.3, 0.4) is 0 Å². The van der Waals surface area contributed by atoms with Gasteiger partial charge in [0.05, 0.1) is 12.6 Å². The van der Waals surface area contributed by atoms with E-state index in [1.807, 2.05) is 0 Å². The van der Waals surface area contributed by atoms with Crippen LogP contribution in [0.1, 0.15) is 0 Å². The average Bonchev–Trinajstić information content (AvgIpc) is 2.42. The maximum atomic E-state index is 8.78. The third-order valence-corrected chi connectivity index (χ3v) is 2.21. The molecule has 2 aliphatic heterocycles. The molecule has 0 aromatic carbocycles. The molecule has 0 aromatic heterocycles. The van der Waals surface area contributed by atoms with Crippen molar-refractivity contribution in [1.82, 2.24) is 5.32 Å². The fourth-order valence-corrected chi connectivity index (χ4v) is 1.50. The monoisotopic (exact) mass is 136 g/mol. The number of hydrogen-bond acceptors (Lipinski definition) is 4. The van der Waals surface area contributed by atoms with Crippen molar-refractivity contribution in [2.45, 2.75) is 5.54 Å². The molecule has 52 valence electrons. The molecule has 0 amide bonds. The molecule has 4 heteroatoms. The van der Waals surface area contributed by atoms with Crippen LogP contribution in [0.25, 0.3) is 0 Å². The minimum Gasteiger partial charge on any atom is -0.313 e. The van der Waals surface area contributed by atoms with Crippen molar-refractivity contribution >= 4 is 0 Å². The van der Waals surface area contributed by atoms with Gasteiger partial charge in [-0.1, -0.05) is 0 Å². The topological polar surface area (TPSA) is 60.5 Å². The predicted octanol–water partition coefficient (Wildman–Crippen LogP) is -0.0660. The van der Waals surface area contributed by atoms with Crippen LogP contribution in [-0.4, -0.2) is 25.2 Å². The second-order valence-electron chi connectivity index (χ2n) is 2.79. The largest absolute Gasteiger partial charge is 0.313 e. The maximum Gasteiger partial charge on any atom is 0.185 e. The molecule has 2 aliphatic rings. The quantitative estimate of drug-likeness (QED) is 0.507. The Morgan fingerprint density at radius 1 is 1.70 bits per heavy atom. The second kappa shape index (κ2) is 1.77. The highest BCUT2D eigenvalue weighted by Gasteiger charge is 2.46. The second-order valence-corrected chi connectivity index (χ2v) is 2.79. The summed E-state index contributed by atoms with van der Waals surface area (Å²) in [4.78, 5) is 0. The Morgan fingerprint density at radius 3 is 3.30 bits per heavy atom. The molecule has 1 saturated heterocycles. The summed E-state index contributed by atoms with van der Waals surface area (Å²) in [6.45, 7) is 2.29. The van der Waals surface area contributed by atoms with Crippen LogP contribution in [-0.2, 0) is 0 Å². The predicted molar refractivity (Wildman–Crippen MR) is 34.4 cm³/mol.